The molecule has 122 valence electrons. The zero-order valence-corrected chi connectivity index (χ0v) is 15.1. The van der Waals surface area contributed by atoms with Crippen molar-refractivity contribution in [3.63, 3.8) is 0 Å². The monoisotopic (exact) mass is 367 g/mol. The molecule has 0 saturated carbocycles. The van der Waals surface area contributed by atoms with E-state index in [4.69, 9.17) is 9.97 Å². The Balaban J connectivity index is 1.86. The summed E-state index contributed by atoms with van der Waals surface area (Å²) in [4.78, 5) is 16.8. The van der Waals surface area contributed by atoms with Crippen LogP contribution in [0.1, 0.15) is 32.1 Å². The van der Waals surface area contributed by atoms with Crippen LogP contribution in [0.25, 0.3) is 0 Å². The van der Waals surface area contributed by atoms with Gasteiger partial charge in [0.05, 0.1) is 6.20 Å². The fourth-order valence-electron chi connectivity index (χ4n) is 3.33. The third-order valence-electron chi connectivity index (χ3n) is 4.63. The zero-order valence-electron chi connectivity index (χ0n) is 13.5. The Morgan fingerprint density at radius 1 is 0.818 bits per heavy atom. The van der Waals surface area contributed by atoms with Crippen molar-refractivity contribution >= 4 is 27.6 Å². The summed E-state index contributed by atoms with van der Waals surface area (Å²) in [7, 11) is 2.20. The fourth-order valence-corrected chi connectivity index (χ4v) is 3.60. The van der Waals surface area contributed by atoms with Crippen LogP contribution in [-0.2, 0) is 0 Å². The maximum atomic E-state index is 4.79. The van der Waals surface area contributed by atoms with Gasteiger partial charge in [-0.2, -0.15) is 0 Å². The first-order valence-electron chi connectivity index (χ1n) is 8.45. The molecule has 3 rings (SSSR count). The van der Waals surface area contributed by atoms with Crippen molar-refractivity contribution in [2.45, 2.75) is 32.1 Å². The molecule has 1 aromatic heterocycles. The van der Waals surface area contributed by atoms with E-state index in [0.717, 1.165) is 55.5 Å². The lowest BCUT2D eigenvalue weighted by Gasteiger charge is -2.29. The number of likely N-dealkylation sites (N-methyl/N-ethyl adjacent to an activating group) is 1. The third kappa shape index (κ3) is 3.90. The first-order chi connectivity index (χ1) is 10.7. The molecule has 0 aromatic carbocycles. The van der Waals surface area contributed by atoms with Crippen LogP contribution in [0.5, 0.6) is 0 Å². The Morgan fingerprint density at radius 2 is 1.50 bits per heavy atom. The molecule has 0 unspecified atom stereocenters. The average molecular weight is 368 g/mol. The van der Waals surface area contributed by atoms with Gasteiger partial charge in [-0.15, -0.1) is 0 Å². The van der Waals surface area contributed by atoms with Crippen LogP contribution < -0.4 is 9.80 Å². The number of halogens is 1. The maximum absolute atomic E-state index is 4.79. The van der Waals surface area contributed by atoms with Gasteiger partial charge in [0.15, 0.2) is 11.6 Å². The first kappa shape index (κ1) is 16.0. The Morgan fingerprint density at radius 3 is 2.27 bits per heavy atom. The number of hydrogen-bond acceptors (Lipinski definition) is 5. The molecule has 0 aliphatic carbocycles. The molecule has 0 spiro atoms. The molecule has 2 saturated heterocycles. The second kappa shape index (κ2) is 7.59. The van der Waals surface area contributed by atoms with Crippen molar-refractivity contribution in [1.29, 1.82) is 0 Å². The molecule has 3 heterocycles. The SMILES string of the molecule is CN1CCCN(c2nc(Br)cnc2N2CCCCCC2)CC1. The van der Waals surface area contributed by atoms with Gasteiger partial charge in [-0.25, -0.2) is 9.97 Å². The van der Waals surface area contributed by atoms with Gasteiger partial charge in [0, 0.05) is 32.7 Å². The van der Waals surface area contributed by atoms with Gasteiger partial charge in [-0.1, -0.05) is 12.8 Å². The van der Waals surface area contributed by atoms with E-state index in [0.29, 0.717) is 0 Å². The molecule has 0 atom stereocenters. The standard InChI is InChI=1S/C16H26BrN5/c1-20-7-6-10-22(12-11-20)16-15(18-13-14(17)19-16)21-8-4-2-3-5-9-21/h13H,2-12H2,1H3. The summed E-state index contributed by atoms with van der Waals surface area (Å²) in [5, 5.41) is 0. The summed E-state index contributed by atoms with van der Waals surface area (Å²) >= 11 is 3.50. The highest BCUT2D eigenvalue weighted by atomic mass is 79.9. The molecule has 0 bridgehead atoms. The molecule has 0 radical (unpaired) electrons. The predicted octanol–water partition coefficient (Wildman–Crippen LogP) is 2.76. The van der Waals surface area contributed by atoms with E-state index in [2.05, 4.69) is 37.7 Å². The molecular weight excluding hydrogens is 342 g/mol. The molecule has 22 heavy (non-hydrogen) atoms. The Kier molecular flexibility index (Phi) is 5.52. The van der Waals surface area contributed by atoms with Crippen LogP contribution in [0, 0.1) is 0 Å². The summed E-state index contributed by atoms with van der Waals surface area (Å²) in [6, 6.07) is 0. The van der Waals surface area contributed by atoms with Crippen molar-refractivity contribution in [2.75, 3.05) is 56.1 Å². The third-order valence-corrected chi connectivity index (χ3v) is 5.01. The first-order valence-corrected chi connectivity index (χ1v) is 9.24. The maximum Gasteiger partial charge on any atom is 0.173 e. The summed E-state index contributed by atoms with van der Waals surface area (Å²) in [5.41, 5.74) is 0. The highest BCUT2D eigenvalue weighted by Crippen LogP contribution is 2.29. The molecular formula is C16H26BrN5. The number of aromatic nitrogens is 2. The summed E-state index contributed by atoms with van der Waals surface area (Å²) in [6.07, 6.45) is 8.23. The van der Waals surface area contributed by atoms with Gasteiger partial charge in [-0.05, 0) is 48.8 Å². The Labute approximate surface area is 141 Å². The highest BCUT2D eigenvalue weighted by molar-refractivity contribution is 9.10. The highest BCUT2D eigenvalue weighted by Gasteiger charge is 2.22. The number of hydrogen-bond donors (Lipinski definition) is 0. The number of rotatable bonds is 2. The van der Waals surface area contributed by atoms with Crippen LogP contribution in [0.15, 0.2) is 10.8 Å². The molecule has 0 N–H and O–H groups in total. The van der Waals surface area contributed by atoms with Crippen molar-refractivity contribution in [3.8, 4) is 0 Å². The molecule has 2 aliphatic heterocycles. The lowest BCUT2D eigenvalue weighted by atomic mass is 10.2. The Hall–Kier alpha value is -0.880. The minimum absolute atomic E-state index is 0.832. The van der Waals surface area contributed by atoms with Crippen molar-refractivity contribution < 1.29 is 0 Å². The lowest BCUT2D eigenvalue weighted by Crippen LogP contribution is -2.33. The number of anilines is 2. The topological polar surface area (TPSA) is 35.5 Å². The van der Waals surface area contributed by atoms with Gasteiger partial charge >= 0.3 is 0 Å². The van der Waals surface area contributed by atoms with Gasteiger partial charge in [0.1, 0.15) is 4.60 Å². The van der Waals surface area contributed by atoms with Crippen LogP contribution in [-0.4, -0.2) is 61.2 Å². The van der Waals surface area contributed by atoms with Gasteiger partial charge in [0.2, 0.25) is 0 Å². The van der Waals surface area contributed by atoms with E-state index in [-0.39, 0.29) is 0 Å². The molecule has 5 nitrogen and oxygen atoms in total. The van der Waals surface area contributed by atoms with Crippen molar-refractivity contribution in [2.24, 2.45) is 0 Å². The van der Waals surface area contributed by atoms with Crippen molar-refractivity contribution in [1.82, 2.24) is 14.9 Å². The molecule has 2 fully saturated rings. The fraction of sp³-hybridized carbons (Fsp3) is 0.750. The lowest BCUT2D eigenvalue weighted by molar-refractivity contribution is 0.360. The smallest absolute Gasteiger partial charge is 0.173 e. The van der Waals surface area contributed by atoms with Gasteiger partial charge in [0.25, 0.3) is 0 Å². The second-order valence-electron chi connectivity index (χ2n) is 6.39. The molecule has 6 heteroatoms. The minimum atomic E-state index is 0.832. The zero-order chi connectivity index (χ0) is 15.4. The summed E-state index contributed by atoms with van der Waals surface area (Å²) in [5.74, 6) is 2.14. The second-order valence-corrected chi connectivity index (χ2v) is 7.20. The Bertz CT molecular complexity index is 487. The molecule has 1 aromatic rings. The van der Waals surface area contributed by atoms with E-state index < -0.39 is 0 Å². The predicted molar refractivity (Wildman–Crippen MR) is 94.7 cm³/mol. The van der Waals surface area contributed by atoms with E-state index in [1.807, 2.05) is 6.20 Å². The molecule has 2 aliphatic rings. The van der Waals surface area contributed by atoms with Gasteiger partial charge in [-0.3, -0.25) is 0 Å². The van der Waals surface area contributed by atoms with Gasteiger partial charge < -0.3 is 14.7 Å². The van der Waals surface area contributed by atoms with Crippen LogP contribution in [0.4, 0.5) is 11.6 Å². The van der Waals surface area contributed by atoms with Crippen molar-refractivity contribution in [3.05, 3.63) is 10.8 Å². The van der Waals surface area contributed by atoms with E-state index in [9.17, 15) is 0 Å². The van der Waals surface area contributed by atoms with Crippen LogP contribution in [0.3, 0.4) is 0 Å². The largest absolute Gasteiger partial charge is 0.354 e. The minimum Gasteiger partial charge on any atom is -0.354 e. The average Bonchev–Trinajstić information content (AvgIpc) is 2.90. The quantitative estimate of drug-likeness (QED) is 0.802. The summed E-state index contributed by atoms with van der Waals surface area (Å²) < 4.78 is 0.832. The van der Waals surface area contributed by atoms with E-state index >= 15 is 0 Å². The summed E-state index contributed by atoms with van der Waals surface area (Å²) in [6.45, 7) is 6.57. The van der Waals surface area contributed by atoms with E-state index in [1.54, 1.807) is 0 Å². The van der Waals surface area contributed by atoms with E-state index in [1.165, 1.54) is 32.1 Å². The normalized spacial score (nSPS) is 21.5. The molecule has 0 amide bonds. The van der Waals surface area contributed by atoms with Crippen LogP contribution in [0.2, 0.25) is 0 Å². The van der Waals surface area contributed by atoms with Crippen LogP contribution >= 0.6 is 15.9 Å². The number of nitrogens with zero attached hydrogens (tertiary/aromatic N) is 5.